The number of hydrogen-bond donors (Lipinski definition) is 2. The van der Waals surface area contributed by atoms with Gasteiger partial charge in [-0.25, -0.2) is 17.9 Å². The second-order valence-electron chi connectivity index (χ2n) is 4.34. The molecule has 106 valence electrons. The van der Waals surface area contributed by atoms with Gasteiger partial charge in [-0.3, -0.25) is 4.98 Å². The van der Waals surface area contributed by atoms with Gasteiger partial charge in [0, 0.05) is 5.69 Å². The van der Waals surface area contributed by atoms with E-state index < -0.39 is 15.8 Å². The molecule has 1 heterocycles. The average Bonchev–Trinajstić information content (AvgIpc) is 2.38. The Morgan fingerprint density at radius 3 is 2.65 bits per heavy atom. The smallest absolute Gasteiger partial charge is 0.238 e. The molecule has 1 aromatic carbocycles. The topological polar surface area (TPSA) is 85.1 Å². The molecule has 0 amide bonds. The van der Waals surface area contributed by atoms with Gasteiger partial charge in [-0.1, -0.05) is 6.07 Å². The number of nitrogens with one attached hydrogen (secondary N) is 1. The summed E-state index contributed by atoms with van der Waals surface area (Å²) in [6.45, 7) is 1.84. The van der Waals surface area contributed by atoms with Crippen molar-refractivity contribution >= 4 is 15.7 Å². The van der Waals surface area contributed by atoms with Gasteiger partial charge in [0.2, 0.25) is 10.0 Å². The lowest BCUT2D eigenvalue weighted by Crippen LogP contribution is -2.13. The largest absolute Gasteiger partial charge is 0.377 e. The Hall–Kier alpha value is -1.99. The highest BCUT2D eigenvalue weighted by atomic mass is 32.2. The highest BCUT2D eigenvalue weighted by Crippen LogP contribution is 2.20. The maximum atomic E-state index is 12.8. The number of pyridine rings is 1. The predicted octanol–water partition coefficient (Wildman–Crippen LogP) is 2.04. The quantitative estimate of drug-likeness (QED) is 0.904. The maximum Gasteiger partial charge on any atom is 0.238 e. The molecule has 7 heteroatoms. The molecule has 0 aliphatic rings. The Labute approximate surface area is 116 Å². The van der Waals surface area contributed by atoms with Crippen molar-refractivity contribution in [1.29, 1.82) is 0 Å². The van der Waals surface area contributed by atoms with E-state index in [2.05, 4.69) is 10.3 Å². The van der Waals surface area contributed by atoms with Crippen LogP contribution in [0.25, 0.3) is 0 Å². The summed E-state index contributed by atoms with van der Waals surface area (Å²) >= 11 is 0. The zero-order valence-corrected chi connectivity index (χ0v) is 11.6. The summed E-state index contributed by atoms with van der Waals surface area (Å²) in [4.78, 5) is 3.99. The number of nitrogens with two attached hydrogens (primary N) is 1. The van der Waals surface area contributed by atoms with Gasteiger partial charge in [-0.2, -0.15) is 0 Å². The Kier molecular flexibility index (Phi) is 4.01. The Morgan fingerprint density at radius 2 is 2.05 bits per heavy atom. The standard InChI is InChI=1S/C13H14FN3O2S/c1-9(13-6-5-10(14)8-16-13)17-11-3-2-4-12(7-11)20(15,18)19/h2-9,17H,1H3,(H2,15,18,19). The number of hydrogen-bond acceptors (Lipinski definition) is 4. The zero-order valence-electron chi connectivity index (χ0n) is 10.7. The van der Waals surface area contributed by atoms with Gasteiger partial charge in [-0.15, -0.1) is 0 Å². The fraction of sp³-hybridized carbons (Fsp3) is 0.154. The highest BCUT2D eigenvalue weighted by Gasteiger charge is 2.10. The van der Waals surface area contributed by atoms with E-state index in [0.717, 1.165) is 6.20 Å². The number of primary sulfonamides is 1. The number of aromatic nitrogens is 1. The molecule has 3 N–H and O–H groups in total. The van der Waals surface area contributed by atoms with Gasteiger partial charge in [-0.05, 0) is 37.3 Å². The van der Waals surface area contributed by atoms with E-state index in [1.54, 1.807) is 18.2 Å². The summed E-state index contributed by atoms with van der Waals surface area (Å²) in [6, 6.07) is 8.85. The van der Waals surface area contributed by atoms with Crippen molar-refractivity contribution in [1.82, 2.24) is 4.98 Å². The molecular formula is C13H14FN3O2S. The molecule has 0 aliphatic heterocycles. The molecule has 2 aromatic rings. The van der Waals surface area contributed by atoms with Crippen molar-refractivity contribution in [3.8, 4) is 0 Å². The van der Waals surface area contributed by atoms with Gasteiger partial charge >= 0.3 is 0 Å². The zero-order chi connectivity index (χ0) is 14.8. The second-order valence-corrected chi connectivity index (χ2v) is 5.90. The first-order valence-corrected chi connectivity index (χ1v) is 7.42. The van der Waals surface area contributed by atoms with Crippen molar-refractivity contribution in [3.05, 3.63) is 54.1 Å². The molecular weight excluding hydrogens is 281 g/mol. The van der Waals surface area contributed by atoms with Gasteiger partial charge in [0.05, 0.1) is 22.8 Å². The van der Waals surface area contributed by atoms with Crippen LogP contribution in [0.2, 0.25) is 0 Å². The first-order valence-electron chi connectivity index (χ1n) is 5.87. The van der Waals surface area contributed by atoms with Crippen molar-refractivity contribution in [2.45, 2.75) is 17.9 Å². The van der Waals surface area contributed by atoms with Crippen LogP contribution in [-0.2, 0) is 10.0 Å². The third kappa shape index (κ3) is 3.52. The monoisotopic (exact) mass is 295 g/mol. The Balaban J connectivity index is 2.20. The lowest BCUT2D eigenvalue weighted by Gasteiger charge is -2.15. The first-order chi connectivity index (χ1) is 9.36. The molecule has 20 heavy (non-hydrogen) atoms. The Bertz CT molecular complexity index is 702. The van der Waals surface area contributed by atoms with Crippen LogP contribution < -0.4 is 10.5 Å². The van der Waals surface area contributed by atoms with E-state index in [0.29, 0.717) is 11.4 Å². The summed E-state index contributed by atoms with van der Waals surface area (Å²) in [5, 5.41) is 8.16. The third-order valence-corrected chi connectivity index (χ3v) is 3.65. The molecule has 0 saturated carbocycles. The number of rotatable bonds is 4. The van der Waals surface area contributed by atoms with Crippen molar-refractivity contribution in [2.24, 2.45) is 5.14 Å². The van der Waals surface area contributed by atoms with Gasteiger partial charge < -0.3 is 5.32 Å². The molecule has 0 radical (unpaired) electrons. The van der Waals surface area contributed by atoms with E-state index in [-0.39, 0.29) is 10.9 Å². The van der Waals surface area contributed by atoms with Gasteiger partial charge in [0.25, 0.3) is 0 Å². The van der Waals surface area contributed by atoms with Crippen LogP contribution in [-0.4, -0.2) is 13.4 Å². The normalized spacial score (nSPS) is 12.9. The predicted molar refractivity (Wildman–Crippen MR) is 74.0 cm³/mol. The molecule has 2 rings (SSSR count). The minimum absolute atomic E-state index is 0.0294. The number of halogens is 1. The fourth-order valence-electron chi connectivity index (χ4n) is 1.73. The van der Waals surface area contributed by atoms with E-state index in [1.165, 1.54) is 18.2 Å². The molecule has 1 atom stereocenters. The lowest BCUT2D eigenvalue weighted by atomic mass is 10.2. The summed E-state index contributed by atoms with van der Waals surface area (Å²) in [5.74, 6) is -0.405. The maximum absolute atomic E-state index is 12.8. The number of nitrogens with zero attached hydrogens (tertiary/aromatic N) is 1. The van der Waals surface area contributed by atoms with Crippen molar-refractivity contribution in [2.75, 3.05) is 5.32 Å². The van der Waals surface area contributed by atoms with E-state index >= 15 is 0 Å². The summed E-state index contributed by atoms with van der Waals surface area (Å²) in [7, 11) is -3.74. The summed E-state index contributed by atoms with van der Waals surface area (Å²) < 4.78 is 35.3. The molecule has 0 saturated heterocycles. The van der Waals surface area contributed by atoms with E-state index in [9.17, 15) is 12.8 Å². The van der Waals surface area contributed by atoms with Crippen LogP contribution in [0, 0.1) is 5.82 Å². The third-order valence-electron chi connectivity index (χ3n) is 2.74. The molecule has 0 fully saturated rings. The SMILES string of the molecule is CC(Nc1cccc(S(N)(=O)=O)c1)c1ccc(F)cn1. The van der Waals surface area contributed by atoms with E-state index in [1.807, 2.05) is 6.92 Å². The summed E-state index contributed by atoms with van der Waals surface area (Å²) in [6.07, 6.45) is 1.13. The van der Waals surface area contributed by atoms with Crippen LogP contribution in [0.15, 0.2) is 47.5 Å². The Morgan fingerprint density at radius 1 is 1.30 bits per heavy atom. The van der Waals surface area contributed by atoms with Crippen LogP contribution in [0.1, 0.15) is 18.7 Å². The van der Waals surface area contributed by atoms with Crippen LogP contribution in [0.4, 0.5) is 10.1 Å². The second kappa shape index (κ2) is 5.56. The highest BCUT2D eigenvalue weighted by molar-refractivity contribution is 7.89. The van der Waals surface area contributed by atoms with Crippen molar-refractivity contribution < 1.29 is 12.8 Å². The van der Waals surface area contributed by atoms with Gasteiger partial charge in [0.1, 0.15) is 5.82 Å². The van der Waals surface area contributed by atoms with Gasteiger partial charge in [0.15, 0.2) is 0 Å². The minimum Gasteiger partial charge on any atom is -0.377 e. The molecule has 1 aromatic heterocycles. The number of sulfonamides is 1. The molecule has 1 unspecified atom stereocenters. The minimum atomic E-state index is -3.74. The van der Waals surface area contributed by atoms with Crippen molar-refractivity contribution in [3.63, 3.8) is 0 Å². The molecule has 5 nitrogen and oxygen atoms in total. The number of benzene rings is 1. The first kappa shape index (κ1) is 14.4. The molecule has 0 aliphatic carbocycles. The number of anilines is 1. The molecule has 0 bridgehead atoms. The molecule has 0 spiro atoms. The fourth-order valence-corrected chi connectivity index (χ4v) is 2.29. The van der Waals surface area contributed by atoms with Crippen LogP contribution in [0.5, 0.6) is 0 Å². The lowest BCUT2D eigenvalue weighted by molar-refractivity contribution is 0.597. The van der Waals surface area contributed by atoms with Crippen LogP contribution in [0.3, 0.4) is 0 Å². The van der Waals surface area contributed by atoms with E-state index in [4.69, 9.17) is 5.14 Å². The average molecular weight is 295 g/mol. The summed E-state index contributed by atoms with van der Waals surface area (Å²) in [5.41, 5.74) is 1.24. The van der Waals surface area contributed by atoms with Crippen LogP contribution >= 0.6 is 0 Å².